The van der Waals surface area contributed by atoms with Gasteiger partial charge in [-0.1, -0.05) is 41.9 Å². The highest BCUT2D eigenvalue weighted by atomic mass is 35.5. The first-order chi connectivity index (χ1) is 13.3. The summed E-state index contributed by atoms with van der Waals surface area (Å²) in [6, 6.07) is 13.9. The van der Waals surface area contributed by atoms with E-state index < -0.39 is 0 Å². The highest BCUT2D eigenvalue weighted by Crippen LogP contribution is 2.37. The summed E-state index contributed by atoms with van der Waals surface area (Å²) in [5.74, 6) is 1.24. The zero-order chi connectivity index (χ0) is 18.9. The lowest BCUT2D eigenvalue weighted by Crippen LogP contribution is -2.40. The lowest BCUT2D eigenvalue weighted by atomic mass is 10.2. The molecule has 0 unspecified atom stereocenters. The molecule has 0 aromatic heterocycles. The smallest absolute Gasteiger partial charge is 0.180 e. The molecule has 0 aliphatic carbocycles. The number of ether oxygens (including phenoxy) is 3. The zero-order valence-electron chi connectivity index (χ0n) is 16.6. The maximum absolute atomic E-state index is 6.46. The van der Waals surface area contributed by atoms with Crippen LogP contribution in [0.1, 0.15) is 11.1 Å². The van der Waals surface area contributed by atoms with Gasteiger partial charge in [-0.2, -0.15) is 0 Å². The van der Waals surface area contributed by atoms with Gasteiger partial charge >= 0.3 is 0 Å². The van der Waals surface area contributed by atoms with Crippen molar-refractivity contribution in [3.8, 4) is 11.5 Å². The number of nitrogens with one attached hydrogen (secondary N) is 1. The van der Waals surface area contributed by atoms with E-state index in [2.05, 4.69) is 10.2 Å². The molecule has 0 saturated carbocycles. The summed E-state index contributed by atoms with van der Waals surface area (Å²) in [5.41, 5.74) is 2.16. The van der Waals surface area contributed by atoms with Gasteiger partial charge in [0.1, 0.15) is 6.61 Å². The normalized spacial score (nSPS) is 13.9. The molecule has 0 amide bonds. The van der Waals surface area contributed by atoms with Gasteiger partial charge in [0.05, 0.1) is 25.3 Å². The van der Waals surface area contributed by atoms with Gasteiger partial charge in [-0.3, -0.25) is 4.90 Å². The molecule has 0 spiro atoms. The number of nitrogens with zero attached hydrogens (tertiary/aromatic N) is 1. The fraction of sp³-hybridized carbons (Fsp3) is 0.429. The lowest BCUT2D eigenvalue weighted by molar-refractivity contribution is 0.0384. The van der Waals surface area contributed by atoms with E-state index in [0.29, 0.717) is 23.1 Å². The van der Waals surface area contributed by atoms with E-state index in [1.165, 1.54) is 0 Å². The first kappa shape index (κ1) is 25.8. The third kappa shape index (κ3) is 8.21. The van der Waals surface area contributed by atoms with Crippen molar-refractivity contribution in [2.75, 3.05) is 46.5 Å². The first-order valence-corrected chi connectivity index (χ1v) is 9.68. The number of benzene rings is 2. The summed E-state index contributed by atoms with van der Waals surface area (Å²) in [6.07, 6.45) is 0. The fourth-order valence-electron chi connectivity index (χ4n) is 3.04. The largest absolute Gasteiger partial charge is 0.493 e. The Kier molecular flexibility index (Phi) is 12.4. The number of hydrogen-bond donors (Lipinski definition) is 1. The number of hydrogen-bond acceptors (Lipinski definition) is 5. The van der Waals surface area contributed by atoms with Crippen molar-refractivity contribution in [3.63, 3.8) is 0 Å². The predicted octanol–water partition coefficient (Wildman–Crippen LogP) is 4.19. The van der Waals surface area contributed by atoms with Crippen molar-refractivity contribution >= 4 is 36.4 Å². The van der Waals surface area contributed by atoms with E-state index in [-0.39, 0.29) is 24.8 Å². The van der Waals surface area contributed by atoms with Gasteiger partial charge in [0.2, 0.25) is 0 Å². The molecule has 2 aromatic carbocycles. The van der Waals surface area contributed by atoms with Crippen LogP contribution in [-0.2, 0) is 17.9 Å². The molecule has 1 fully saturated rings. The molecule has 29 heavy (non-hydrogen) atoms. The summed E-state index contributed by atoms with van der Waals surface area (Å²) in [4.78, 5) is 2.41. The fourth-order valence-corrected chi connectivity index (χ4v) is 3.33. The van der Waals surface area contributed by atoms with Crippen molar-refractivity contribution in [2.45, 2.75) is 13.2 Å². The summed E-state index contributed by atoms with van der Waals surface area (Å²) in [6.45, 7) is 6.81. The summed E-state index contributed by atoms with van der Waals surface area (Å²) >= 11 is 6.46. The van der Waals surface area contributed by atoms with Gasteiger partial charge in [0, 0.05) is 32.7 Å². The average molecular weight is 464 g/mol. The Hall–Kier alpha value is -1.21. The van der Waals surface area contributed by atoms with E-state index in [0.717, 1.165) is 57.1 Å². The van der Waals surface area contributed by atoms with Gasteiger partial charge < -0.3 is 19.5 Å². The van der Waals surface area contributed by atoms with Gasteiger partial charge in [-0.15, -0.1) is 24.8 Å². The Morgan fingerprint density at radius 1 is 1.07 bits per heavy atom. The van der Waals surface area contributed by atoms with Crippen LogP contribution >= 0.6 is 36.4 Å². The van der Waals surface area contributed by atoms with E-state index in [1.807, 2.05) is 42.5 Å². The molecule has 0 radical (unpaired) electrons. The van der Waals surface area contributed by atoms with E-state index in [1.54, 1.807) is 7.11 Å². The average Bonchev–Trinajstić information content (AvgIpc) is 2.71. The Morgan fingerprint density at radius 3 is 2.48 bits per heavy atom. The maximum Gasteiger partial charge on any atom is 0.180 e. The van der Waals surface area contributed by atoms with Gasteiger partial charge in [0.25, 0.3) is 0 Å². The standard InChI is InChI=1S/C21H27ClN2O3.2ClH/c1-25-20-14-18(15-23-7-8-24-9-11-26-12-10-24)13-19(22)21(20)27-16-17-5-3-2-4-6-17;;/h2-6,13-14,23H,7-12,15-16H2,1H3;2*1H. The van der Waals surface area contributed by atoms with Crippen LogP contribution in [0.2, 0.25) is 5.02 Å². The zero-order valence-corrected chi connectivity index (χ0v) is 19.0. The summed E-state index contributed by atoms with van der Waals surface area (Å²) in [5, 5.41) is 4.03. The van der Waals surface area contributed by atoms with Gasteiger partial charge in [-0.05, 0) is 23.3 Å². The minimum atomic E-state index is 0. The molecule has 1 N–H and O–H groups in total. The van der Waals surface area contributed by atoms with Crippen molar-refractivity contribution in [1.29, 1.82) is 0 Å². The SMILES string of the molecule is COc1cc(CNCCN2CCOCC2)cc(Cl)c1OCc1ccccc1.Cl.Cl. The quantitative estimate of drug-likeness (QED) is 0.565. The van der Waals surface area contributed by atoms with Crippen LogP contribution in [0.15, 0.2) is 42.5 Å². The molecule has 0 atom stereocenters. The Morgan fingerprint density at radius 2 is 1.79 bits per heavy atom. The van der Waals surface area contributed by atoms with Crippen molar-refractivity contribution in [3.05, 3.63) is 58.6 Å². The Labute approximate surface area is 190 Å². The van der Waals surface area contributed by atoms with E-state index in [9.17, 15) is 0 Å². The van der Waals surface area contributed by atoms with Crippen LogP contribution in [0, 0.1) is 0 Å². The van der Waals surface area contributed by atoms with E-state index in [4.69, 9.17) is 25.8 Å². The molecule has 1 aliphatic rings. The first-order valence-electron chi connectivity index (χ1n) is 9.30. The van der Waals surface area contributed by atoms with Gasteiger partial charge in [0.15, 0.2) is 11.5 Å². The van der Waals surface area contributed by atoms with Crippen LogP contribution in [-0.4, -0.2) is 51.4 Å². The Balaban J connectivity index is 0.00000210. The highest BCUT2D eigenvalue weighted by Gasteiger charge is 2.13. The predicted molar refractivity (Wildman–Crippen MR) is 122 cm³/mol. The molecule has 1 saturated heterocycles. The molecule has 1 aliphatic heterocycles. The van der Waals surface area contributed by atoms with Crippen LogP contribution in [0.5, 0.6) is 11.5 Å². The monoisotopic (exact) mass is 462 g/mol. The van der Waals surface area contributed by atoms with Crippen LogP contribution in [0.4, 0.5) is 0 Å². The molecule has 3 rings (SSSR count). The maximum atomic E-state index is 6.46. The number of halogens is 3. The second-order valence-corrected chi connectivity index (χ2v) is 6.92. The number of methoxy groups -OCH3 is 1. The van der Waals surface area contributed by atoms with Crippen molar-refractivity contribution in [1.82, 2.24) is 10.2 Å². The second-order valence-electron chi connectivity index (χ2n) is 6.51. The summed E-state index contributed by atoms with van der Waals surface area (Å²) in [7, 11) is 1.64. The third-order valence-electron chi connectivity index (χ3n) is 4.55. The van der Waals surface area contributed by atoms with Crippen LogP contribution in [0.3, 0.4) is 0 Å². The molecule has 2 aromatic rings. The van der Waals surface area contributed by atoms with Crippen LogP contribution in [0.25, 0.3) is 0 Å². The third-order valence-corrected chi connectivity index (χ3v) is 4.83. The molecule has 0 bridgehead atoms. The molecular formula is C21H29Cl3N2O3. The van der Waals surface area contributed by atoms with Crippen molar-refractivity contribution in [2.24, 2.45) is 0 Å². The molecule has 1 heterocycles. The summed E-state index contributed by atoms with van der Waals surface area (Å²) < 4.78 is 16.8. The molecule has 8 heteroatoms. The number of morpholine rings is 1. The minimum absolute atomic E-state index is 0. The second kappa shape index (κ2) is 13.9. The Bertz CT molecular complexity index is 714. The lowest BCUT2D eigenvalue weighted by Gasteiger charge is -2.26. The molecular weight excluding hydrogens is 435 g/mol. The highest BCUT2D eigenvalue weighted by molar-refractivity contribution is 6.32. The van der Waals surface area contributed by atoms with Crippen LogP contribution < -0.4 is 14.8 Å². The van der Waals surface area contributed by atoms with Crippen molar-refractivity contribution < 1.29 is 14.2 Å². The minimum Gasteiger partial charge on any atom is -0.493 e. The molecule has 5 nitrogen and oxygen atoms in total. The van der Waals surface area contributed by atoms with E-state index >= 15 is 0 Å². The topological polar surface area (TPSA) is 43.0 Å². The number of rotatable bonds is 9. The molecule has 162 valence electrons. The van der Waals surface area contributed by atoms with Gasteiger partial charge in [-0.25, -0.2) is 0 Å².